The second kappa shape index (κ2) is 7.06. The summed E-state index contributed by atoms with van der Waals surface area (Å²) in [5, 5.41) is 0.675. The molecule has 5 nitrogen and oxygen atoms in total. The van der Waals surface area contributed by atoms with Crippen LogP contribution < -0.4 is 15.0 Å². The van der Waals surface area contributed by atoms with Crippen LogP contribution in [0.25, 0.3) is 26.3 Å². The van der Waals surface area contributed by atoms with Gasteiger partial charge in [0.2, 0.25) is 0 Å². The Morgan fingerprint density at radius 2 is 1.74 bits per heavy atom. The van der Waals surface area contributed by atoms with E-state index in [1.54, 1.807) is 32.4 Å². The van der Waals surface area contributed by atoms with Gasteiger partial charge in [0.15, 0.2) is 11.5 Å². The lowest BCUT2D eigenvalue weighted by molar-refractivity contribution is 0.355. The molecular weight excluding hydrogens is 384 g/mol. The molecule has 0 saturated heterocycles. The molecule has 27 heavy (non-hydrogen) atoms. The van der Waals surface area contributed by atoms with Gasteiger partial charge in [0.1, 0.15) is 11.0 Å². The van der Waals surface area contributed by atoms with Crippen LogP contribution in [-0.2, 0) is 0 Å². The van der Waals surface area contributed by atoms with E-state index in [4.69, 9.17) is 21.1 Å². The SMILES string of the molecule is COc1ccc(-n2cnc3cc(-c4ccc(Cl)cc4)sc3c2=O)cc1OC. The first-order chi connectivity index (χ1) is 13.1. The number of hydrogen-bond acceptors (Lipinski definition) is 5. The molecular formula is C20H15ClN2O3S. The molecule has 0 atom stereocenters. The standard InChI is InChI=1S/C20H15ClN2O3S/c1-25-16-8-7-14(9-17(16)26-2)23-11-22-15-10-18(27-19(15)20(23)24)12-3-5-13(21)6-4-12/h3-11H,1-2H3. The molecule has 4 rings (SSSR count). The van der Waals surface area contributed by atoms with E-state index in [-0.39, 0.29) is 5.56 Å². The number of rotatable bonds is 4. The van der Waals surface area contributed by atoms with Gasteiger partial charge in [-0.05, 0) is 35.9 Å². The Hall–Kier alpha value is -2.83. The summed E-state index contributed by atoms with van der Waals surface area (Å²) in [7, 11) is 3.13. The van der Waals surface area contributed by atoms with Gasteiger partial charge >= 0.3 is 0 Å². The van der Waals surface area contributed by atoms with Crippen LogP contribution >= 0.6 is 22.9 Å². The predicted molar refractivity (Wildman–Crippen MR) is 109 cm³/mol. The van der Waals surface area contributed by atoms with Crippen LogP contribution in [0, 0.1) is 0 Å². The summed E-state index contributed by atoms with van der Waals surface area (Å²) in [6.45, 7) is 0. The van der Waals surface area contributed by atoms with E-state index in [1.165, 1.54) is 22.2 Å². The van der Waals surface area contributed by atoms with Gasteiger partial charge in [-0.3, -0.25) is 9.36 Å². The summed E-state index contributed by atoms with van der Waals surface area (Å²) in [5.41, 5.74) is 2.21. The number of fused-ring (bicyclic) bond motifs is 1. The Bertz CT molecular complexity index is 1180. The summed E-state index contributed by atoms with van der Waals surface area (Å²) < 4.78 is 12.7. The van der Waals surface area contributed by atoms with Crippen molar-refractivity contribution < 1.29 is 9.47 Å². The second-order valence-corrected chi connectivity index (χ2v) is 7.28. The number of nitrogens with zero attached hydrogens (tertiary/aromatic N) is 2. The minimum atomic E-state index is -0.127. The molecule has 4 aromatic rings. The highest BCUT2D eigenvalue weighted by molar-refractivity contribution is 7.22. The Kier molecular flexibility index (Phi) is 4.59. The van der Waals surface area contributed by atoms with Crippen LogP contribution in [-0.4, -0.2) is 23.8 Å². The van der Waals surface area contributed by atoms with Crippen LogP contribution in [0.5, 0.6) is 11.5 Å². The largest absolute Gasteiger partial charge is 0.493 e. The van der Waals surface area contributed by atoms with E-state index in [9.17, 15) is 4.79 Å². The fraction of sp³-hybridized carbons (Fsp3) is 0.100. The molecule has 0 saturated carbocycles. The minimum absolute atomic E-state index is 0.127. The number of hydrogen-bond donors (Lipinski definition) is 0. The lowest BCUT2D eigenvalue weighted by atomic mass is 10.2. The molecule has 0 aliphatic heterocycles. The molecule has 2 heterocycles. The highest BCUT2D eigenvalue weighted by Crippen LogP contribution is 2.32. The fourth-order valence-corrected chi connectivity index (χ4v) is 4.00. The van der Waals surface area contributed by atoms with E-state index < -0.39 is 0 Å². The monoisotopic (exact) mass is 398 g/mol. The van der Waals surface area contributed by atoms with Crippen molar-refractivity contribution in [1.29, 1.82) is 0 Å². The molecule has 2 aromatic heterocycles. The van der Waals surface area contributed by atoms with Gasteiger partial charge in [-0.25, -0.2) is 4.98 Å². The predicted octanol–water partition coefficient (Wildman–Crippen LogP) is 4.78. The second-order valence-electron chi connectivity index (χ2n) is 5.79. The van der Waals surface area contributed by atoms with Crippen molar-refractivity contribution in [3.63, 3.8) is 0 Å². The molecule has 0 N–H and O–H groups in total. The molecule has 0 bridgehead atoms. The Morgan fingerprint density at radius 1 is 1.00 bits per heavy atom. The lowest BCUT2D eigenvalue weighted by Crippen LogP contribution is -2.17. The van der Waals surface area contributed by atoms with Crippen LogP contribution in [0.2, 0.25) is 5.02 Å². The molecule has 0 aliphatic rings. The van der Waals surface area contributed by atoms with Gasteiger partial charge < -0.3 is 9.47 Å². The van der Waals surface area contributed by atoms with Crippen molar-refractivity contribution in [3.8, 4) is 27.6 Å². The van der Waals surface area contributed by atoms with Gasteiger partial charge in [0.05, 0.1) is 25.4 Å². The third kappa shape index (κ3) is 3.18. The maximum atomic E-state index is 13.0. The quantitative estimate of drug-likeness (QED) is 0.496. The highest BCUT2D eigenvalue weighted by Gasteiger charge is 2.13. The van der Waals surface area contributed by atoms with Crippen molar-refractivity contribution in [3.05, 3.63) is 70.2 Å². The molecule has 2 aromatic carbocycles. The third-order valence-electron chi connectivity index (χ3n) is 4.21. The van der Waals surface area contributed by atoms with Gasteiger partial charge in [0, 0.05) is 16.0 Å². The molecule has 0 aliphatic carbocycles. The van der Waals surface area contributed by atoms with Crippen LogP contribution in [0.3, 0.4) is 0 Å². The molecule has 7 heteroatoms. The lowest BCUT2D eigenvalue weighted by Gasteiger charge is -2.10. The van der Waals surface area contributed by atoms with E-state index in [0.29, 0.717) is 32.4 Å². The van der Waals surface area contributed by atoms with Crippen LogP contribution in [0.1, 0.15) is 0 Å². The van der Waals surface area contributed by atoms with E-state index in [0.717, 1.165) is 10.4 Å². The maximum Gasteiger partial charge on any atom is 0.275 e. The number of ether oxygens (including phenoxy) is 2. The normalized spacial score (nSPS) is 10.9. The van der Waals surface area contributed by atoms with Crippen LogP contribution in [0.4, 0.5) is 0 Å². The third-order valence-corrected chi connectivity index (χ3v) is 5.63. The number of benzene rings is 2. The van der Waals surface area contributed by atoms with Gasteiger partial charge in [-0.2, -0.15) is 0 Å². The van der Waals surface area contributed by atoms with E-state index in [1.807, 2.05) is 30.3 Å². The fourth-order valence-electron chi connectivity index (χ4n) is 2.83. The zero-order chi connectivity index (χ0) is 19.0. The van der Waals surface area contributed by atoms with Gasteiger partial charge in [-0.15, -0.1) is 11.3 Å². The Balaban J connectivity index is 1.83. The van der Waals surface area contributed by atoms with E-state index >= 15 is 0 Å². The first-order valence-corrected chi connectivity index (χ1v) is 9.29. The van der Waals surface area contributed by atoms with Crippen molar-refractivity contribution >= 4 is 33.2 Å². The summed E-state index contributed by atoms with van der Waals surface area (Å²) in [5.74, 6) is 1.15. The smallest absolute Gasteiger partial charge is 0.275 e. The Labute approximate surface area is 164 Å². The molecule has 0 amide bonds. The zero-order valence-corrected chi connectivity index (χ0v) is 16.2. The molecule has 0 fully saturated rings. The average Bonchev–Trinajstić information content (AvgIpc) is 3.13. The van der Waals surface area contributed by atoms with E-state index in [2.05, 4.69) is 4.98 Å². The molecule has 0 radical (unpaired) electrons. The summed E-state index contributed by atoms with van der Waals surface area (Å²) >= 11 is 7.37. The number of aromatic nitrogens is 2. The van der Waals surface area contributed by atoms with Gasteiger partial charge in [-0.1, -0.05) is 23.7 Å². The van der Waals surface area contributed by atoms with Crippen molar-refractivity contribution in [1.82, 2.24) is 9.55 Å². The van der Waals surface area contributed by atoms with Crippen LogP contribution in [0.15, 0.2) is 59.7 Å². The molecule has 0 spiro atoms. The Morgan fingerprint density at radius 3 is 2.44 bits per heavy atom. The summed E-state index contributed by atoms with van der Waals surface area (Å²) in [4.78, 5) is 18.4. The average molecular weight is 399 g/mol. The topological polar surface area (TPSA) is 53.4 Å². The first-order valence-electron chi connectivity index (χ1n) is 8.10. The van der Waals surface area contributed by atoms with Crippen molar-refractivity contribution in [2.75, 3.05) is 14.2 Å². The van der Waals surface area contributed by atoms with Crippen molar-refractivity contribution in [2.45, 2.75) is 0 Å². The summed E-state index contributed by atoms with van der Waals surface area (Å²) in [6.07, 6.45) is 1.53. The zero-order valence-electron chi connectivity index (χ0n) is 14.6. The number of methoxy groups -OCH3 is 2. The first kappa shape index (κ1) is 17.6. The van der Waals surface area contributed by atoms with Gasteiger partial charge in [0.25, 0.3) is 5.56 Å². The maximum absolute atomic E-state index is 13.0. The number of thiophene rings is 1. The minimum Gasteiger partial charge on any atom is -0.493 e. The molecule has 0 unspecified atom stereocenters. The highest BCUT2D eigenvalue weighted by atomic mass is 35.5. The molecule has 136 valence electrons. The number of halogens is 1. The summed E-state index contributed by atoms with van der Waals surface area (Å²) in [6, 6.07) is 14.8. The van der Waals surface area contributed by atoms with Crippen molar-refractivity contribution in [2.24, 2.45) is 0 Å².